The van der Waals surface area contributed by atoms with Gasteiger partial charge in [0.15, 0.2) is 0 Å². The Labute approximate surface area is 176 Å². The van der Waals surface area contributed by atoms with Crippen LogP contribution in [0.2, 0.25) is 0 Å². The Morgan fingerprint density at radius 3 is 1.64 bits per heavy atom. The molecular formula is C26H50O2. The molecule has 28 heavy (non-hydrogen) atoms. The van der Waals surface area contributed by atoms with Gasteiger partial charge in [-0.1, -0.05) is 123 Å². The van der Waals surface area contributed by atoms with Crippen molar-refractivity contribution in [2.45, 2.75) is 142 Å². The molecule has 1 aliphatic carbocycles. The predicted molar refractivity (Wildman–Crippen MR) is 122 cm³/mol. The quantitative estimate of drug-likeness (QED) is 0.197. The minimum atomic E-state index is -0.637. The van der Waals surface area contributed by atoms with Crippen LogP contribution in [0, 0.1) is 17.8 Å². The number of carbonyl (C=O) groups is 1. The second-order valence-electron chi connectivity index (χ2n) is 9.66. The molecule has 0 aromatic heterocycles. The van der Waals surface area contributed by atoms with Crippen molar-refractivity contribution in [1.82, 2.24) is 0 Å². The summed E-state index contributed by atoms with van der Waals surface area (Å²) in [6.45, 7) is 4.54. The van der Waals surface area contributed by atoms with E-state index in [0.717, 1.165) is 18.3 Å². The van der Waals surface area contributed by atoms with Crippen molar-refractivity contribution in [3.05, 3.63) is 0 Å². The first-order valence-corrected chi connectivity index (χ1v) is 12.9. The summed E-state index contributed by atoms with van der Waals surface area (Å²) in [4.78, 5) is 10.7. The molecule has 1 saturated carbocycles. The summed E-state index contributed by atoms with van der Waals surface area (Å²) >= 11 is 0. The van der Waals surface area contributed by atoms with Gasteiger partial charge in [0.1, 0.15) is 0 Å². The van der Waals surface area contributed by atoms with E-state index in [0.29, 0.717) is 12.3 Å². The SMILES string of the molecule is CCCCCCCCCCCCCCCCCCC1CC1C(C)CCC(=O)O. The zero-order chi connectivity index (χ0) is 20.5. The molecule has 0 amide bonds. The molecule has 0 aromatic carbocycles. The average molecular weight is 395 g/mol. The summed E-state index contributed by atoms with van der Waals surface area (Å²) in [5.74, 6) is 1.72. The van der Waals surface area contributed by atoms with E-state index < -0.39 is 5.97 Å². The van der Waals surface area contributed by atoms with E-state index >= 15 is 0 Å². The van der Waals surface area contributed by atoms with Crippen molar-refractivity contribution in [2.24, 2.45) is 17.8 Å². The summed E-state index contributed by atoms with van der Waals surface area (Å²) in [6, 6.07) is 0. The molecule has 3 atom stereocenters. The van der Waals surface area contributed by atoms with Crippen LogP contribution in [0.3, 0.4) is 0 Å². The van der Waals surface area contributed by atoms with Crippen LogP contribution in [0.25, 0.3) is 0 Å². The van der Waals surface area contributed by atoms with Gasteiger partial charge in [-0.3, -0.25) is 4.79 Å². The Morgan fingerprint density at radius 2 is 1.21 bits per heavy atom. The van der Waals surface area contributed by atoms with E-state index in [1.165, 1.54) is 116 Å². The van der Waals surface area contributed by atoms with E-state index in [1.54, 1.807) is 0 Å². The van der Waals surface area contributed by atoms with Crippen molar-refractivity contribution in [3.8, 4) is 0 Å². The van der Waals surface area contributed by atoms with Gasteiger partial charge in [0.25, 0.3) is 0 Å². The highest BCUT2D eigenvalue weighted by atomic mass is 16.4. The maximum Gasteiger partial charge on any atom is 0.303 e. The van der Waals surface area contributed by atoms with Crippen molar-refractivity contribution in [2.75, 3.05) is 0 Å². The van der Waals surface area contributed by atoms with Gasteiger partial charge in [-0.15, -0.1) is 0 Å². The predicted octanol–water partition coefficient (Wildman–Crippen LogP) is 8.78. The van der Waals surface area contributed by atoms with Crippen LogP contribution in [0.4, 0.5) is 0 Å². The number of rotatable bonds is 21. The molecule has 1 fully saturated rings. The molecule has 2 nitrogen and oxygen atoms in total. The van der Waals surface area contributed by atoms with Gasteiger partial charge in [-0.05, 0) is 30.6 Å². The number of carboxylic acid groups (broad SMARTS) is 1. The molecule has 0 saturated heterocycles. The number of carboxylic acids is 1. The lowest BCUT2D eigenvalue weighted by atomic mass is 9.97. The zero-order valence-electron chi connectivity index (χ0n) is 19.2. The molecular weight excluding hydrogens is 344 g/mol. The van der Waals surface area contributed by atoms with E-state index in [4.69, 9.17) is 5.11 Å². The average Bonchev–Trinajstić information content (AvgIpc) is 3.45. The number of hydrogen-bond donors (Lipinski definition) is 1. The standard InChI is InChI=1S/C26H50O2/c1-3-4-5-6-7-8-9-10-11-12-13-14-15-16-17-18-19-24-22-25(24)23(2)20-21-26(27)28/h23-25H,3-22H2,1-2H3,(H,27,28). The van der Waals surface area contributed by atoms with Gasteiger partial charge in [0.05, 0.1) is 0 Å². The van der Waals surface area contributed by atoms with Gasteiger partial charge in [0.2, 0.25) is 0 Å². The molecule has 0 bridgehead atoms. The first kappa shape index (κ1) is 25.5. The van der Waals surface area contributed by atoms with Crippen LogP contribution in [-0.4, -0.2) is 11.1 Å². The monoisotopic (exact) mass is 394 g/mol. The van der Waals surface area contributed by atoms with Gasteiger partial charge >= 0.3 is 5.97 Å². The third-order valence-corrected chi connectivity index (χ3v) is 6.95. The maximum absolute atomic E-state index is 10.7. The van der Waals surface area contributed by atoms with Crippen LogP contribution < -0.4 is 0 Å². The minimum Gasteiger partial charge on any atom is -0.481 e. The Bertz CT molecular complexity index is 365. The van der Waals surface area contributed by atoms with E-state index in [-0.39, 0.29) is 0 Å². The zero-order valence-corrected chi connectivity index (χ0v) is 19.2. The highest BCUT2D eigenvalue weighted by Gasteiger charge is 2.39. The molecule has 1 aliphatic rings. The largest absolute Gasteiger partial charge is 0.481 e. The molecule has 2 heteroatoms. The van der Waals surface area contributed by atoms with Crippen LogP contribution >= 0.6 is 0 Å². The van der Waals surface area contributed by atoms with Gasteiger partial charge in [-0.25, -0.2) is 0 Å². The molecule has 0 aromatic rings. The molecule has 0 spiro atoms. The summed E-state index contributed by atoms with van der Waals surface area (Å²) in [7, 11) is 0. The van der Waals surface area contributed by atoms with Crippen molar-refractivity contribution < 1.29 is 9.90 Å². The number of hydrogen-bond acceptors (Lipinski definition) is 1. The summed E-state index contributed by atoms with van der Waals surface area (Å²) < 4.78 is 0. The second kappa shape index (κ2) is 17.3. The molecule has 1 rings (SSSR count). The normalized spacial score (nSPS) is 19.6. The van der Waals surface area contributed by atoms with E-state index in [1.807, 2.05) is 0 Å². The van der Waals surface area contributed by atoms with Crippen LogP contribution in [0.15, 0.2) is 0 Å². The third-order valence-electron chi connectivity index (χ3n) is 6.95. The maximum atomic E-state index is 10.7. The smallest absolute Gasteiger partial charge is 0.303 e. The third kappa shape index (κ3) is 14.5. The lowest BCUT2D eigenvalue weighted by Crippen LogP contribution is -2.04. The number of aliphatic carboxylic acids is 1. The van der Waals surface area contributed by atoms with E-state index in [9.17, 15) is 4.79 Å². The van der Waals surface area contributed by atoms with Crippen molar-refractivity contribution >= 4 is 5.97 Å². The lowest BCUT2D eigenvalue weighted by molar-refractivity contribution is -0.137. The number of unbranched alkanes of at least 4 members (excludes halogenated alkanes) is 15. The van der Waals surface area contributed by atoms with Crippen molar-refractivity contribution in [1.29, 1.82) is 0 Å². The Morgan fingerprint density at radius 1 is 0.786 bits per heavy atom. The Balaban J connectivity index is 1.73. The summed E-state index contributed by atoms with van der Waals surface area (Å²) in [6.07, 6.45) is 27.0. The fraction of sp³-hybridized carbons (Fsp3) is 0.962. The molecule has 0 radical (unpaired) electrons. The highest BCUT2D eigenvalue weighted by molar-refractivity contribution is 5.66. The first-order chi connectivity index (χ1) is 13.6. The molecule has 1 N–H and O–H groups in total. The summed E-state index contributed by atoms with van der Waals surface area (Å²) in [5.41, 5.74) is 0. The highest BCUT2D eigenvalue weighted by Crippen LogP contribution is 2.48. The first-order valence-electron chi connectivity index (χ1n) is 12.9. The molecule has 0 aliphatic heterocycles. The Hall–Kier alpha value is -0.530. The minimum absolute atomic E-state index is 0.351. The van der Waals surface area contributed by atoms with Gasteiger partial charge in [0, 0.05) is 6.42 Å². The fourth-order valence-corrected chi connectivity index (χ4v) is 4.82. The van der Waals surface area contributed by atoms with Crippen molar-refractivity contribution in [3.63, 3.8) is 0 Å². The molecule has 3 unspecified atom stereocenters. The van der Waals surface area contributed by atoms with Gasteiger partial charge in [-0.2, -0.15) is 0 Å². The molecule has 166 valence electrons. The lowest BCUT2D eigenvalue weighted by Gasteiger charge is -2.09. The second-order valence-corrected chi connectivity index (χ2v) is 9.66. The van der Waals surface area contributed by atoms with E-state index in [2.05, 4.69) is 13.8 Å². The summed E-state index contributed by atoms with van der Waals surface area (Å²) in [5, 5.41) is 8.79. The van der Waals surface area contributed by atoms with Crippen LogP contribution in [-0.2, 0) is 4.79 Å². The fourth-order valence-electron chi connectivity index (χ4n) is 4.82. The topological polar surface area (TPSA) is 37.3 Å². The molecule has 0 heterocycles. The van der Waals surface area contributed by atoms with Crippen LogP contribution in [0.5, 0.6) is 0 Å². The van der Waals surface area contributed by atoms with Crippen LogP contribution in [0.1, 0.15) is 142 Å². The van der Waals surface area contributed by atoms with Gasteiger partial charge < -0.3 is 5.11 Å². The Kier molecular flexibility index (Phi) is 15.8.